The molecular formula is C36H55NO5. The Morgan fingerprint density at radius 3 is 2.29 bits per heavy atom. The zero-order chi connectivity index (χ0) is 30.5. The molecule has 6 nitrogen and oxygen atoms in total. The predicted octanol–water partition coefficient (Wildman–Crippen LogP) is 7.79. The van der Waals surface area contributed by atoms with Gasteiger partial charge in [-0.05, 0) is 110 Å². The third-order valence-electron chi connectivity index (χ3n) is 14.1. The van der Waals surface area contributed by atoms with Gasteiger partial charge < -0.3 is 14.8 Å². The Bertz CT molecular complexity index is 1200. The van der Waals surface area contributed by atoms with Gasteiger partial charge in [0.2, 0.25) is 0 Å². The van der Waals surface area contributed by atoms with Crippen LogP contribution in [0.2, 0.25) is 0 Å². The molecule has 5 saturated carbocycles. The molecule has 6 aliphatic rings. The van der Waals surface area contributed by atoms with Crippen LogP contribution >= 0.6 is 0 Å². The lowest BCUT2D eigenvalue weighted by Gasteiger charge is -2.70. The van der Waals surface area contributed by atoms with Crippen LogP contribution in [0.25, 0.3) is 0 Å². The summed E-state index contributed by atoms with van der Waals surface area (Å²) in [5.41, 5.74) is 2.34. The lowest BCUT2D eigenvalue weighted by Crippen LogP contribution is -2.65. The lowest BCUT2D eigenvalue weighted by molar-refractivity contribution is -0.212. The first-order chi connectivity index (χ1) is 19.6. The van der Waals surface area contributed by atoms with Crippen LogP contribution in [0.1, 0.15) is 126 Å². The van der Waals surface area contributed by atoms with Crippen molar-refractivity contribution in [3.05, 3.63) is 11.1 Å². The number of ketones is 1. The van der Waals surface area contributed by atoms with Crippen molar-refractivity contribution < 1.29 is 23.9 Å². The molecule has 0 bridgehead atoms. The first-order valence-corrected chi connectivity index (χ1v) is 17.0. The number of nitrogens with one attached hydrogen (secondary N) is 1. The van der Waals surface area contributed by atoms with Crippen LogP contribution in [0.4, 0.5) is 4.79 Å². The van der Waals surface area contributed by atoms with Crippen LogP contribution < -0.4 is 5.32 Å². The van der Waals surface area contributed by atoms with Gasteiger partial charge in [-0.3, -0.25) is 9.59 Å². The Balaban J connectivity index is 1.37. The molecule has 6 rings (SSSR count). The third kappa shape index (κ3) is 4.26. The van der Waals surface area contributed by atoms with E-state index >= 15 is 0 Å². The van der Waals surface area contributed by atoms with E-state index in [2.05, 4.69) is 53.8 Å². The number of allylic oxidation sites excluding steroid dienone is 1. The maximum atomic E-state index is 13.7. The fourth-order valence-electron chi connectivity index (χ4n) is 11.7. The summed E-state index contributed by atoms with van der Waals surface area (Å²) >= 11 is 0. The Morgan fingerprint density at radius 1 is 0.929 bits per heavy atom. The third-order valence-corrected chi connectivity index (χ3v) is 14.1. The zero-order valence-electron chi connectivity index (χ0n) is 27.5. The fourth-order valence-corrected chi connectivity index (χ4v) is 11.7. The van der Waals surface area contributed by atoms with E-state index < -0.39 is 5.54 Å². The molecular weight excluding hydrogens is 526 g/mol. The van der Waals surface area contributed by atoms with Crippen molar-refractivity contribution in [2.75, 3.05) is 6.61 Å². The van der Waals surface area contributed by atoms with Crippen LogP contribution in [0, 0.1) is 51.2 Å². The highest BCUT2D eigenvalue weighted by Crippen LogP contribution is 2.75. The Hall–Kier alpha value is -1.85. The van der Waals surface area contributed by atoms with Gasteiger partial charge in [0.05, 0.1) is 12.1 Å². The van der Waals surface area contributed by atoms with Gasteiger partial charge in [-0.15, -0.1) is 0 Å². The van der Waals surface area contributed by atoms with Crippen LogP contribution in [0.15, 0.2) is 11.1 Å². The highest BCUT2D eigenvalue weighted by molar-refractivity contribution is 5.92. The minimum Gasteiger partial charge on any atom is -0.462 e. The number of alkyl carbamates (subject to hydrolysis) is 1. The number of fused-ring (bicyclic) bond motifs is 6. The van der Waals surface area contributed by atoms with Gasteiger partial charge in [0.1, 0.15) is 11.9 Å². The normalized spacial score (nSPS) is 44.1. The van der Waals surface area contributed by atoms with Crippen molar-refractivity contribution >= 4 is 17.8 Å². The van der Waals surface area contributed by atoms with Crippen molar-refractivity contribution in [2.45, 2.75) is 138 Å². The summed E-state index contributed by atoms with van der Waals surface area (Å²) in [7, 11) is 0. The van der Waals surface area contributed by atoms with Gasteiger partial charge in [-0.25, -0.2) is 4.79 Å². The van der Waals surface area contributed by atoms with E-state index in [1.54, 1.807) is 6.92 Å². The van der Waals surface area contributed by atoms with E-state index in [1.165, 1.54) is 11.1 Å². The number of hydrogen-bond acceptors (Lipinski definition) is 5. The second kappa shape index (κ2) is 9.83. The van der Waals surface area contributed by atoms with E-state index in [1.807, 2.05) is 0 Å². The monoisotopic (exact) mass is 581 g/mol. The number of rotatable bonds is 5. The summed E-state index contributed by atoms with van der Waals surface area (Å²) in [5, 5.41) is 3.33. The minimum atomic E-state index is -0.601. The van der Waals surface area contributed by atoms with Gasteiger partial charge in [0.15, 0.2) is 0 Å². The number of esters is 1. The molecule has 0 aliphatic heterocycles. The molecule has 0 saturated heterocycles. The second-order valence-electron chi connectivity index (χ2n) is 16.9. The van der Waals surface area contributed by atoms with Gasteiger partial charge in [0.25, 0.3) is 0 Å². The van der Waals surface area contributed by atoms with Gasteiger partial charge in [-0.1, -0.05) is 54.0 Å². The highest BCUT2D eigenvalue weighted by Gasteiger charge is 2.69. The lowest BCUT2D eigenvalue weighted by atomic mass is 9.34. The van der Waals surface area contributed by atoms with Gasteiger partial charge in [-0.2, -0.15) is 0 Å². The van der Waals surface area contributed by atoms with Crippen molar-refractivity contribution in [2.24, 2.45) is 51.2 Å². The molecule has 8 atom stereocenters. The summed E-state index contributed by atoms with van der Waals surface area (Å²) in [6.45, 7) is 18.7. The standard InChI is InChI=1S/C36H55NO5/c1-21(2)29-25(39)19-36(37-31(40)41-20-23-9-10-23)18-17-34(7)24(30(29)36)11-12-27-33(6)15-14-28(42-22(3)38)32(4,5)26(33)13-16-35(27,34)8/h21,23,26-29H,9-20H2,1-8H3,(H,37,40)/t26?,27?,28-,29?,33-,34+,35+,36+/m0/s1. The van der Waals surface area contributed by atoms with Crippen LogP contribution in [0.3, 0.4) is 0 Å². The van der Waals surface area contributed by atoms with E-state index in [4.69, 9.17) is 9.47 Å². The SMILES string of the molecule is CC(=O)O[C@H]1CC[C@@]2(C)C(CC[C@]3(C)C2CCC2=C4C(C(C)C)C(=O)C[C@]4(NC(=O)OCC4CC4)CC[C@]23C)C1(C)C. The molecule has 0 aromatic rings. The molecule has 6 heteroatoms. The molecule has 42 heavy (non-hydrogen) atoms. The summed E-state index contributed by atoms with van der Waals surface area (Å²) in [4.78, 5) is 38.9. The summed E-state index contributed by atoms with van der Waals surface area (Å²) in [6, 6.07) is 0. The molecule has 0 aromatic heterocycles. The molecule has 0 spiro atoms. The molecule has 6 aliphatic carbocycles. The number of carbonyl (C=O) groups is 3. The number of Topliss-reactive ketones (excluding diaryl/α,β-unsaturated/α-hetero) is 1. The smallest absolute Gasteiger partial charge is 0.407 e. The van der Waals surface area contributed by atoms with Crippen molar-refractivity contribution in [3.8, 4) is 0 Å². The Labute approximate surface area is 253 Å². The molecule has 0 heterocycles. The average molecular weight is 582 g/mol. The largest absolute Gasteiger partial charge is 0.462 e. The minimum absolute atomic E-state index is 0.0169. The first-order valence-electron chi connectivity index (χ1n) is 17.0. The first kappa shape index (κ1) is 30.2. The topological polar surface area (TPSA) is 81.7 Å². The molecule has 1 N–H and O–H groups in total. The van der Waals surface area contributed by atoms with E-state index in [0.29, 0.717) is 30.8 Å². The number of hydrogen-bond donors (Lipinski definition) is 1. The van der Waals surface area contributed by atoms with Crippen LogP contribution in [-0.2, 0) is 19.1 Å². The summed E-state index contributed by atoms with van der Waals surface area (Å²) in [6.07, 6.45) is 10.5. The van der Waals surface area contributed by atoms with Crippen LogP contribution in [-0.4, -0.2) is 36.1 Å². The second-order valence-corrected chi connectivity index (χ2v) is 16.9. The molecule has 3 unspecified atom stereocenters. The number of ether oxygens (including phenoxy) is 2. The highest BCUT2D eigenvalue weighted by atomic mass is 16.6. The molecule has 0 aromatic carbocycles. The van der Waals surface area contributed by atoms with Crippen molar-refractivity contribution in [1.82, 2.24) is 5.32 Å². The van der Waals surface area contributed by atoms with Crippen molar-refractivity contribution in [1.29, 1.82) is 0 Å². The Kier molecular flexibility index (Phi) is 7.06. The summed E-state index contributed by atoms with van der Waals surface area (Å²) < 4.78 is 11.6. The van der Waals surface area contributed by atoms with Gasteiger partial charge >= 0.3 is 12.1 Å². The van der Waals surface area contributed by atoms with E-state index in [-0.39, 0.29) is 57.4 Å². The zero-order valence-corrected chi connectivity index (χ0v) is 27.5. The van der Waals surface area contributed by atoms with Gasteiger partial charge in [0, 0.05) is 24.7 Å². The molecule has 0 radical (unpaired) electrons. The number of amides is 1. The molecule has 5 fully saturated rings. The van der Waals surface area contributed by atoms with E-state index in [9.17, 15) is 14.4 Å². The number of carbonyl (C=O) groups excluding carboxylic acids is 3. The average Bonchev–Trinajstić information content (AvgIpc) is 3.66. The maximum Gasteiger partial charge on any atom is 0.407 e. The van der Waals surface area contributed by atoms with Crippen LogP contribution in [0.5, 0.6) is 0 Å². The predicted molar refractivity (Wildman–Crippen MR) is 162 cm³/mol. The maximum absolute atomic E-state index is 13.7. The fraction of sp³-hybridized carbons (Fsp3) is 0.861. The summed E-state index contributed by atoms with van der Waals surface area (Å²) in [5.74, 6) is 1.76. The molecule has 1 amide bonds. The Morgan fingerprint density at radius 2 is 1.64 bits per heavy atom. The van der Waals surface area contributed by atoms with E-state index in [0.717, 1.165) is 64.2 Å². The van der Waals surface area contributed by atoms with Crippen molar-refractivity contribution in [3.63, 3.8) is 0 Å². The molecule has 234 valence electrons. The quantitative estimate of drug-likeness (QED) is 0.265.